The number of hydrogen-bond acceptors (Lipinski definition) is 2. The first-order valence-electron chi connectivity index (χ1n) is 9.37. The molecule has 1 aromatic carbocycles. The van der Waals surface area contributed by atoms with Crippen LogP contribution < -0.4 is 5.19 Å². The summed E-state index contributed by atoms with van der Waals surface area (Å²) in [6.07, 6.45) is 0. The second-order valence-corrected chi connectivity index (χ2v) is 14.7. The molecule has 0 heterocycles. The molecule has 0 spiro atoms. The third-order valence-corrected chi connectivity index (χ3v) is 12.2. The van der Waals surface area contributed by atoms with E-state index in [1.54, 1.807) is 6.07 Å². The Bertz CT molecular complexity index is 665. The van der Waals surface area contributed by atoms with E-state index in [0.29, 0.717) is 17.8 Å². The molecule has 0 radical (unpaired) electrons. The van der Waals surface area contributed by atoms with Crippen LogP contribution in [0.1, 0.15) is 52.7 Å². The normalized spacial score (nSPS) is 13.3. The Morgan fingerprint density at radius 3 is 1.60 bits per heavy atom. The quantitative estimate of drug-likeness (QED) is 0.496. The second-order valence-electron chi connectivity index (χ2n) is 9.00. The van der Waals surface area contributed by atoms with Gasteiger partial charge in [0.05, 0.1) is 13.0 Å². The summed E-state index contributed by atoms with van der Waals surface area (Å²) in [6.45, 7) is 17.2. The van der Waals surface area contributed by atoms with E-state index in [4.69, 9.17) is 0 Å². The molecule has 3 nitrogen and oxygen atoms in total. The van der Waals surface area contributed by atoms with E-state index < -0.39 is 18.2 Å². The van der Waals surface area contributed by atoms with E-state index in [1.165, 1.54) is 0 Å². The van der Waals surface area contributed by atoms with E-state index in [-0.39, 0.29) is 4.90 Å². The van der Waals surface area contributed by atoms with Crippen molar-refractivity contribution in [2.24, 2.45) is 17.8 Å². The Kier molecular flexibility index (Phi) is 7.49. The van der Waals surface area contributed by atoms with E-state index in [9.17, 15) is 13.0 Å². The summed E-state index contributed by atoms with van der Waals surface area (Å²) in [4.78, 5) is 0.165. The Hall–Kier alpha value is -0.653. The van der Waals surface area contributed by atoms with Crippen molar-refractivity contribution in [3.63, 3.8) is 0 Å². The largest absolute Gasteiger partial charge is 0.294 e. The van der Waals surface area contributed by atoms with Crippen LogP contribution in [-0.2, 0) is 10.1 Å². The lowest BCUT2D eigenvalue weighted by atomic mass is 10.1. The average molecular weight is 385 g/mol. The summed E-state index contributed by atoms with van der Waals surface area (Å²) in [7, 11) is -6.36. The van der Waals surface area contributed by atoms with Gasteiger partial charge in [-0.15, -0.1) is 0 Å². The summed E-state index contributed by atoms with van der Waals surface area (Å²) < 4.78 is 34.5. The number of rotatable bonds is 8. The molecule has 1 rings (SSSR count). The van der Waals surface area contributed by atoms with Crippen molar-refractivity contribution in [1.82, 2.24) is 0 Å². The molecule has 1 aromatic rings. The minimum Gasteiger partial charge on any atom is -0.282 e. The molecule has 0 aliphatic carbocycles. The maximum absolute atomic E-state index is 12.2. The average Bonchev–Trinajstić information content (AvgIpc) is 2.33. The maximum atomic E-state index is 12.2. The zero-order valence-corrected chi connectivity index (χ0v) is 19.0. The first-order valence-corrected chi connectivity index (χ1v) is 13.4. The lowest BCUT2D eigenvalue weighted by Gasteiger charge is -2.39. The molecule has 0 unspecified atom stereocenters. The summed E-state index contributed by atoms with van der Waals surface area (Å²) in [5, 5.41) is 0.969. The molecule has 0 fully saturated rings. The van der Waals surface area contributed by atoms with Crippen LogP contribution in [0.5, 0.6) is 0 Å². The molecule has 144 valence electrons. The SMILES string of the molecule is Cc1cc(C)c([Si](CC(C)C)(CC(C)C)CC(C)C)c(S(=O)(=O)O)c1. The van der Waals surface area contributed by atoms with Gasteiger partial charge in [0, 0.05) is 0 Å². The maximum Gasteiger partial charge on any atom is 0.294 e. The predicted molar refractivity (Wildman–Crippen MR) is 110 cm³/mol. The van der Waals surface area contributed by atoms with Crippen molar-refractivity contribution in [1.29, 1.82) is 0 Å². The van der Waals surface area contributed by atoms with Crippen LogP contribution in [0.25, 0.3) is 0 Å². The molecule has 0 aliphatic rings. The van der Waals surface area contributed by atoms with Crippen LogP contribution in [0.15, 0.2) is 17.0 Å². The Labute approximate surface area is 156 Å². The summed E-state index contributed by atoms with van der Waals surface area (Å²) in [5.74, 6) is 1.50. The van der Waals surface area contributed by atoms with Gasteiger partial charge in [-0.2, -0.15) is 8.42 Å². The van der Waals surface area contributed by atoms with Gasteiger partial charge in [0.1, 0.15) is 0 Å². The Morgan fingerprint density at radius 1 is 0.880 bits per heavy atom. The zero-order valence-electron chi connectivity index (χ0n) is 17.2. The van der Waals surface area contributed by atoms with Crippen molar-refractivity contribution in [2.75, 3.05) is 0 Å². The molecule has 0 atom stereocenters. The molecule has 0 saturated carbocycles. The van der Waals surface area contributed by atoms with Crippen molar-refractivity contribution >= 4 is 23.4 Å². The molecule has 5 heteroatoms. The van der Waals surface area contributed by atoms with Gasteiger partial charge in [0.25, 0.3) is 10.1 Å². The number of benzene rings is 1. The van der Waals surface area contributed by atoms with Gasteiger partial charge in [-0.3, -0.25) is 4.55 Å². The van der Waals surface area contributed by atoms with Crippen LogP contribution in [0.3, 0.4) is 0 Å². The number of aryl methyl sites for hydroxylation is 2. The van der Waals surface area contributed by atoms with Crippen LogP contribution in [-0.4, -0.2) is 21.0 Å². The third kappa shape index (κ3) is 5.93. The van der Waals surface area contributed by atoms with Crippen molar-refractivity contribution in [3.05, 3.63) is 23.3 Å². The van der Waals surface area contributed by atoms with Crippen LogP contribution in [0.2, 0.25) is 18.1 Å². The fraction of sp³-hybridized carbons (Fsp3) is 0.700. The van der Waals surface area contributed by atoms with Crippen LogP contribution in [0, 0.1) is 31.6 Å². The van der Waals surface area contributed by atoms with Crippen molar-refractivity contribution in [2.45, 2.75) is 78.4 Å². The highest BCUT2D eigenvalue weighted by Crippen LogP contribution is 2.35. The minimum atomic E-state index is -4.23. The van der Waals surface area contributed by atoms with Gasteiger partial charge in [0.15, 0.2) is 0 Å². The van der Waals surface area contributed by atoms with Crippen molar-refractivity contribution in [3.8, 4) is 0 Å². The molecule has 0 bridgehead atoms. The van der Waals surface area contributed by atoms with Crippen LogP contribution in [0.4, 0.5) is 0 Å². The lowest BCUT2D eigenvalue weighted by molar-refractivity contribution is 0.483. The highest BCUT2D eigenvalue weighted by atomic mass is 32.2. The van der Waals surface area contributed by atoms with E-state index in [0.717, 1.165) is 34.4 Å². The van der Waals surface area contributed by atoms with Gasteiger partial charge in [-0.1, -0.05) is 71.3 Å². The first-order chi connectivity index (χ1) is 11.3. The van der Waals surface area contributed by atoms with Gasteiger partial charge < -0.3 is 0 Å². The topological polar surface area (TPSA) is 54.4 Å². The third-order valence-electron chi connectivity index (χ3n) is 4.65. The molecular weight excluding hydrogens is 348 g/mol. The standard InChI is InChI=1S/C20H36O3SSi/c1-14(2)11-25(12-15(3)4,13-16(5)6)20-18(8)9-17(7)10-19(20)24(21,22)23/h9-10,14-16H,11-13H2,1-8H3,(H,21,22,23). The monoisotopic (exact) mass is 384 g/mol. The second kappa shape index (κ2) is 8.36. The van der Waals surface area contributed by atoms with Gasteiger partial charge >= 0.3 is 0 Å². The molecular formula is C20H36O3SSi. The summed E-state index contributed by atoms with van der Waals surface area (Å²) in [6, 6.07) is 6.90. The highest BCUT2D eigenvalue weighted by Gasteiger charge is 2.41. The lowest BCUT2D eigenvalue weighted by Crippen LogP contribution is -2.53. The fourth-order valence-electron chi connectivity index (χ4n) is 4.71. The zero-order chi connectivity index (χ0) is 19.6. The van der Waals surface area contributed by atoms with E-state index >= 15 is 0 Å². The number of hydrogen-bond donors (Lipinski definition) is 1. The Balaban J connectivity index is 3.85. The smallest absolute Gasteiger partial charge is 0.282 e. The fourth-order valence-corrected chi connectivity index (χ4v) is 13.8. The van der Waals surface area contributed by atoms with Crippen molar-refractivity contribution < 1.29 is 13.0 Å². The summed E-state index contributed by atoms with van der Waals surface area (Å²) in [5.41, 5.74) is 1.91. The molecule has 1 N–H and O–H groups in total. The molecule has 0 aliphatic heterocycles. The molecule has 0 saturated heterocycles. The minimum absolute atomic E-state index is 0.165. The first kappa shape index (κ1) is 22.4. The Morgan fingerprint density at radius 2 is 1.28 bits per heavy atom. The van der Waals surface area contributed by atoms with E-state index in [2.05, 4.69) is 47.6 Å². The van der Waals surface area contributed by atoms with E-state index in [1.807, 2.05) is 13.8 Å². The molecule has 0 amide bonds. The van der Waals surface area contributed by atoms with Crippen LogP contribution >= 0.6 is 0 Å². The van der Waals surface area contributed by atoms with Gasteiger partial charge in [-0.25, -0.2) is 0 Å². The van der Waals surface area contributed by atoms with Gasteiger partial charge in [-0.05, 0) is 48.4 Å². The molecule has 0 aromatic heterocycles. The molecule has 25 heavy (non-hydrogen) atoms. The predicted octanol–water partition coefficient (Wildman–Crippen LogP) is 5.17. The highest BCUT2D eigenvalue weighted by molar-refractivity contribution is 7.86. The van der Waals surface area contributed by atoms with Gasteiger partial charge in [0.2, 0.25) is 0 Å². The summed E-state index contributed by atoms with van der Waals surface area (Å²) >= 11 is 0.